The largest absolute Gasteiger partial charge is 0.480 e. The molecule has 11 heteroatoms. The summed E-state index contributed by atoms with van der Waals surface area (Å²) in [6, 6.07) is 5.74. The van der Waals surface area contributed by atoms with Crippen LogP contribution < -0.4 is 21.7 Å². The highest BCUT2D eigenvalue weighted by molar-refractivity contribution is 7.98. The summed E-state index contributed by atoms with van der Waals surface area (Å²) in [5, 5.41) is 25.2. The number of aliphatic carboxylic acids is 1. The lowest BCUT2D eigenvalue weighted by Gasteiger charge is -2.24. The first-order valence-corrected chi connectivity index (χ1v) is 10.7. The van der Waals surface area contributed by atoms with Crippen LogP contribution in [0.1, 0.15) is 12.0 Å². The van der Waals surface area contributed by atoms with Crippen LogP contribution in [0.3, 0.4) is 0 Å². The zero-order valence-corrected chi connectivity index (χ0v) is 17.5. The zero-order valence-electron chi connectivity index (χ0n) is 16.7. The van der Waals surface area contributed by atoms with Crippen LogP contribution in [0, 0.1) is 0 Å². The molecule has 30 heavy (non-hydrogen) atoms. The van der Waals surface area contributed by atoms with Crippen LogP contribution in [0.5, 0.6) is 0 Å². The van der Waals surface area contributed by atoms with Crippen LogP contribution in [0.4, 0.5) is 0 Å². The summed E-state index contributed by atoms with van der Waals surface area (Å²) in [6.45, 7) is -1.15. The van der Waals surface area contributed by atoms with Gasteiger partial charge in [0, 0.05) is 6.42 Å². The van der Waals surface area contributed by atoms with E-state index in [1.54, 1.807) is 24.3 Å². The fourth-order valence-corrected chi connectivity index (χ4v) is 2.95. The van der Waals surface area contributed by atoms with E-state index < -0.39 is 55.0 Å². The van der Waals surface area contributed by atoms with Crippen molar-refractivity contribution in [1.29, 1.82) is 0 Å². The summed E-state index contributed by atoms with van der Waals surface area (Å²) in [6.07, 6.45) is 2.26. The van der Waals surface area contributed by atoms with Crippen LogP contribution in [-0.4, -0.2) is 77.2 Å². The zero-order chi connectivity index (χ0) is 22.5. The average Bonchev–Trinajstić information content (AvgIpc) is 2.74. The lowest BCUT2D eigenvalue weighted by molar-refractivity contribution is -0.138. The predicted octanol–water partition coefficient (Wildman–Crippen LogP) is -1.53. The molecule has 0 aliphatic carbocycles. The number of benzene rings is 1. The molecule has 3 amide bonds. The third-order valence-corrected chi connectivity index (χ3v) is 4.75. The van der Waals surface area contributed by atoms with Gasteiger partial charge in [-0.3, -0.25) is 19.2 Å². The van der Waals surface area contributed by atoms with E-state index in [2.05, 4.69) is 16.0 Å². The van der Waals surface area contributed by atoms with Crippen LogP contribution >= 0.6 is 11.8 Å². The van der Waals surface area contributed by atoms with Crippen molar-refractivity contribution in [2.24, 2.45) is 5.73 Å². The standard InChI is InChI=1S/C19H28N4O6S/c1-30-8-7-14(18(28)21-10-16(25)26)22-19(29)15(23-17(27)13(20)11-24)9-12-5-3-2-4-6-12/h2-6,13-15,24H,7-11,20H2,1H3,(H,21,28)(H,22,29)(H,23,27)(H,25,26). The minimum Gasteiger partial charge on any atom is -0.480 e. The van der Waals surface area contributed by atoms with Crippen molar-refractivity contribution in [3.63, 3.8) is 0 Å². The van der Waals surface area contributed by atoms with Gasteiger partial charge >= 0.3 is 5.97 Å². The number of aliphatic hydroxyl groups excluding tert-OH is 1. The summed E-state index contributed by atoms with van der Waals surface area (Å²) in [5.41, 5.74) is 6.30. The first-order valence-electron chi connectivity index (χ1n) is 9.28. The van der Waals surface area contributed by atoms with E-state index in [0.29, 0.717) is 5.75 Å². The molecule has 0 aliphatic heterocycles. The number of hydrogen-bond acceptors (Lipinski definition) is 7. The first kappa shape index (κ1) is 25.4. The van der Waals surface area contributed by atoms with Crippen LogP contribution in [0.15, 0.2) is 30.3 Å². The van der Waals surface area contributed by atoms with E-state index in [1.807, 2.05) is 12.3 Å². The smallest absolute Gasteiger partial charge is 0.322 e. The normalized spacial score (nSPS) is 13.6. The number of carboxylic acid groups (broad SMARTS) is 1. The highest BCUT2D eigenvalue weighted by Gasteiger charge is 2.28. The minimum atomic E-state index is -1.20. The molecule has 1 rings (SSSR count). The van der Waals surface area contributed by atoms with Gasteiger partial charge in [-0.25, -0.2) is 0 Å². The molecule has 0 aromatic heterocycles. The molecule has 1 aromatic carbocycles. The second kappa shape index (κ2) is 13.6. The Labute approximate surface area is 179 Å². The number of aliphatic hydroxyl groups is 1. The van der Waals surface area contributed by atoms with Gasteiger partial charge in [0.25, 0.3) is 0 Å². The Bertz CT molecular complexity index is 718. The van der Waals surface area contributed by atoms with Crippen molar-refractivity contribution in [3.8, 4) is 0 Å². The van der Waals surface area contributed by atoms with Crippen LogP contribution in [0.25, 0.3) is 0 Å². The summed E-state index contributed by atoms with van der Waals surface area (Å²) in [7, 11) is 0. The second-order valence-electron chi connectivity index (χ2n) is 6.49. The third-order valence-electron chi connectivity index (χ3n) is 4.11. The highest BCUT2D eigenvalue weighted by atomic mass is 32.2. The summed E-state index contributed by atoms with van der Waals surface area (Å²) in [4.78, 5) is 48.0. The Morgan fingerprint density at radius 1 is 1.03 bits per heavy atom. The third kappa shape index (κ3) is 9.25. The van der Waals surface area contributed by atoms with E-state index >= 15 is 0 Å². The number of nitrogens with two attached hydrogens (primary N) is 1. The molecule has 166 valence electrons. The average molecular weight is 441 g/mol. The Morgan fingerprint density at radius 3 is 2.23 bits per heavy atom. The van der Waals surface area contributed by atoms with Gasteiger partial charge < -0.3 is 31.9 Å². The number of carboxylic acids is 1. The molecule has 0 heterocycles. The maximum Gasteiger partial charge on any atom is 0.322 e. The van der Waals surface area contributed by atoms with Crippen LogP contribution in [-0.2, 0) is 25.6 Å². The molecule has 0 bridgehead atoms. The number of carbonyl (C=O) groups is 4. The van der Waals surface area contributed by atoms with Gasteiger partial charge in [0.1, 0.15) is 24.7 Å². The Balaban J connectivity index is 2.95. The lowest BCUT2D eigenvalue weighted by Crippen LogP contribution is -2.57. The number of nitrogens with one attached hydrogen (secondary N) is 3. The molecule has 7 N–H and O–H groups in total. The van der Waals surface area contributed by atoms with Gasteiger partial charge in [-0.1, -0.05) is 30.3 Å². The van der Waals surface area contributed by atoms with Crippen molar-refractivity contribution in [3.05, 3.63) is 35.9 Å². The quantitative estimate of drug-likeness (QED) is 0.214. The maximum atomic E-state index is 12.9. The Morgan fingerprint density at radius 2 is 1.67 bits per heavy atom. The molecule has 3 unspecified atom stereocenters. The molecule has 0 spiro atoms. The van der Waals surface area contributed by atoms with E-state index in [-0.39, 0.29) is 12.8 Å². The minimum absolute atomic E-state index is 0.141. The molecule has 10 nitrogen and oxygen atoms in total. The second-order valence-corrected chi connectivity index (χ2v) is 7.48. The van der Waals surface area contributed by atoms with Gasteiger partial charge in [-0.2, -0.15) is 11.8 Å². The topological polar surface area (TPSA) is 171 Å². The molecule has 3 atom stereocenters. The van der Waals surface area contributed by atoms with Gasteiger partial charge in [0.05, 0.1) is 6.61 Å². The Kier molecular flexibility index (Phi) is 11.5. The molecule has 0 saturated heterocycles. The van der Waals surface area contributed by atoms with Gasteiger partial charge in [-0.15, -0.1) is 0 Å². The monoisotopic (exact) mass is 440 g/mol. The van der Waals surface area contributed by atoms with Gasteiger partial charge in [-0.05, 0) is 24.0 Å². The van der Waals surface area contributed by atoms with Crippen molar-refractivity contribution >= 4 is 35.5 Å². The molecule has 0 radical (unpaired) electrons. The van der Waals surface area contributed by atoms with E-state index in [4.69, 9.17) is 15.9 Å². The van der Waals surface area contributed by atoms with Crippen molar-refractivity contribution < 1.29 is 29.4 Å². The predicted molar refractivity (Wildman–Crippen MR) is 113 cm³/mol. The summed E-state index contributed by atoms with van der Waals surface area (Å²) in [5.74, 6) is -2.60. The summed E-state index contributed by atoms with van der Waals surface area (Å²) >= 11 is 1.47. The fourth-order valence-electron chi connectivity index (χ4n) is 2.48. The Hall–Kier alpha value is -2.63. The molecule has 0 fully saturated rings. The lowest BCUT2D eigenvalue weighted by atomic mass is 10.0. The van der Waals surface area contributed by atoms with Crippen molar-refractivity contribution in [2.45, 2.75) is 31.0 Å². The first-order chi connectivity index (χ1) is 14.3. The molecular weight excluding hydrogens is 412 g/mol. The molecule has 0 saturated carbocycles. The fraction of sp³-hybridized carbons (Fsp3) is 0.474. The number of amides is 3. The number of carbonyl (C=O) groups excluding carboxylic acids is 3. The van der Waals surface area contributed by atoms with E-state index in [9.17, 15) is 19.2 Å². The number of hydrogen-bond donors (Lipinski definition) is 6. The highest BCUT2D eigenvalue weighted by Crippen LogP contribution is 2.06. The van der Waals surface area contributed by atoms with Gasteiger partial charge in [0.15, 0.2) is 0 Å². The number of thioether (sulfide) groups is 1. The maximum absolute atomic E-state index is 12.9. The van der Waals surface area contributed by atoms with Crippen molar-refractivity contribution in [1.82, 2.24) is 16.0 Å². The van der Waals surface area contributed by atoms with Crippen molar-refractivity contribution in [2.75, 3.05) is 25.2 Å². The van der Waals surface area contributed by atoms with E-state index in [1.165, 1.54) is 11.8 Å². The van der Waals surface area contributed by atoms with Gasteiger partial charge in [0.2, 0.25) is 17.7 Å². The van der Waals surface area contributed by atoms with E-state index in [0.717, 1.165) is 5.56 Å². The number of rotatable bonds is 13. The van der Waals surface area contributed by atoms with Crippen LogP contribution in [0.2, 0.25) is 0 Å². The summed E-state index contributed by atoms with van der Waals surface area (Å²) < 4.78 is 0. The molecular formula is C19H28N4O6S. The molecule has 0 aliphatic rings. The molecule has 1 aromatic rings. The SMILES string of the molecule is CSCCC(NC(=O)C(Cc1ccccc1)NC(=O)C(N)CO)C(=O)NCC(=O)O.